The zero-order chi connectivity index (χ0) is 22.4. The lowest BCUT2D eigenvalue weighted by atomic mass is 10.1. The summed E-state index contributed by atoms with van der Waals surface area (Å²) in [5.74, 6) is 1.47. The van der Waals surface area contributed by atoms with Crippen LogP contribution in [0.3, 0.4) is 0 Å². The third-order valence-corrected chi connectivity index (χ3v) is 8.28. The summed E-state index contributed by atoms with van der Waals surface area (Å²) >= 11 is 3.41. The van der Waals surface area contributed by atoms with Gasteiger partial charge in [0.05, 0.1) is 11.1 Å². The zero-order valence-corrected chi connectivity index (χ0v) is 19.9. The van der Waals surface area contributed by atoms with Gasteiger partial charge in [-0.3, -0.25) is 4.79 Å². The van der Waals surface area contributed by atoms with Gasteiger partial charge in [0, 0.05) is 23.7 Å². The summed E-state index contributed by atoms with van der Waals surface area (Å²) in [5, 5.41) is 10.7. The highest BCUT2D eigenvalue weighted by molar-refractivity contribution is 7.99. The fourth-order valence-electron chi connectivity index (χ4n) is 4.49. The largest absolute Gasteiger partial charge is 0.301 e. The van der Waals surface area contributed by atoms with Gasteiger partial charge in [-0.05, 0) is 43.1 Å². The predicted octanol–water partition coefficient (Wildman–Crippen LogP) is 4.42. The molecule has 0 radical (unpaired) electrons. The number of nitrogens with zero attached hydrogens (tertiary/aromatic N) is 5. The van der Waals surface area contributed by atoms with Crippen LogP contribution in [0.1, 0.15) is 16.0 Å². The topological polar surface area (TPSA) is 55.4 Å². The fourth-order valence-corrected chi connectivity index (χ4v) is 6.89. The first-order valence-corrected chi connectivity index (χ1v) is 12.9. The molecule has 4 heterocycles. The van der Waals surface area contributed by atoms with Gasteiger partial charge in [0.25, 0.3) is 5.56 Å². The molecule has 33 heavy (non-hydrogen) atoms. The minimum absolute atomic E-state index is 0.000936. The van der Waals surface area contributed by atoms with Gasteiger partial charge in [0.1, 0.15) is 4.83 Å². The molecule has 8 heteroatoms. The maximum atomic E-state index is 13.8. The van der Waals surface area contributed by atoms with E-state index >= 15 is 0 Å². The lowest BCUT2D eigenvalue weighted by molar-refractivity contribution is 0.318. The first-order chi connectivity index (χ1) is 16.2. The third kappa shape index (κ3) is 3.58. The molecule has 6 rings (SSSR count). The highest BCUT2D eigenvalue weighted by atomic mass is 32.2. The van der Waals surface area contributed by atoms with Crippen molar-refractivity contribution in [1.29, 1.82) is 0 Å². The second-order valence-corrected chi connectivity index (χ2v) is 10.5. The lowest BCUT2D eigenvalue weighted by Gasteiger charge is -2.21. The van der Waals surface area contributed by atoms with Crippen LogP contribution in [-0.2, 0) is 19.4 Å². The predicted molar refractivity (Wildman–Crippen MR) is 135 cm³/mol. The van der Waals surface area contributed by atoms with E-state index in [2.05, 4.69) is 50.8 Å². The number of aryl methyl sites for hydroxylation is 1. The Labute approximate surface area is 199 Å². The SMILES string of the molecule is CN1CCc2c(sc3c2c(=O)n(-c2ccccc2)c2nnc(SCCc4ccccc4)n32)C1. The van der Waals surface area contributed by atoms with Gasteiger partial charge in [0.2, 0.25) is 5.78 Å². The molecule has 0 amide bonds. The van der Waals surface area contributed by atoms with Crippen LogP contribution < -0.4 is 5.56 Å². The van der Waals surface area contributed by atoms with Crippen molar-refractivity contribution < 1.29 is 0 Å². The second kappa shape index (κ2) is 8.44. The van der Waals surface area contributed by atoms with E-state index in [1.165, 1.54) is 16.0 Å². The summed E-state index contributed by atoms with van der Waals surface area (Å²) in [4.78, 5) is 18.4. The van der Waals surface area contributed by atoms with Crippen LogP contribution in [0.15, 0.2) is 70.6 Å². The second-order valence-electron chi connectivity index (χ2n) is 8.35. The van der Waals surface area contributed by atoms with E-state index in [1.807, 2.05) is 36.4 Å². The zero-order valence-electron chi connectivity index (χ0n) is 18.3. The minimum Gasteiger partial charge on any atom is -0.301 e. The number of para-hydroxylation sites is 1. The Morgan fingerprint density at radius 3 is 2.58 bits per heavy atom. The van der Waals surface area contributed by atoms with E-state index in [0.29, 0.717) is 5.78 Å². The van der Waals surface area contributed by atoms with Crippen molar-refractivity contribution in [2.75, 3.05) is 19.3 Å². The Balaban J connectivity index is 1.53. The average molecular weight is 474 g/mol. The number of benzene rings is 2. The lowest BCUT2D eigenvalue weighted by Crippen LogP contribution is -2.27. The number of thioether (sulfide) groups is 1. The van der Waals surface area contributed by atoms with Gasteiger partial charge in [-0.25, -0.2) is 8.97 Å². The van der Waals surface area contributed by atoms with E-state index in [0.717, 1.165) is 52.7 Å². The number of rotatable bonds is 5. The molecule has 166 valence electrons. The van der Waals surface area contributed by atoms with Crippen molar-refractivity contribution in [3.63, 3.8) is 0 Å². The summed E-state index contributed by atoms with van der Waals surface area (Å²) in [6.07, 6.45) is 1.84. The van der Waals surface area contributed by atoms with Crippen LogP contribution in [0.25, 0.3) is 21.7 Å². The summed E-state index contributed by atoms with van der Waals surface area (Å²) in [6.45, 7) is 1.84. The molecule has 0 saturated heterocycles. The molecular formula is C25H23N5OS2. The smallest absolute Gasteiger partial charge is 0.268 e. The minimum atomic E-state index is -0.000936. The quantitative estimate of drug-likeness (QED) is 0.354. The Morgan fingerprint density at radius 1 is 1.03 bits per heavy atom. The Hall–Kier alpha value is -2.94. The van der Waals surface area contributed by atoms with Crippen LogP contribution in [-0.4, -0.2) is 43.4 Å². The summed E-state index contributed by atoms with van der Waals surface area (Å²) in [5.41, 5.74) is 3.31. The molecule has 0 bridgehead atoms. The molecule has 1 aliphatic rings. The van der Waals surface area contributed by atoms with E-state index in [9.17, 15) is 4.79 Å². The van der Waals surface area contributed by atoms with Crippen molar-refractivity contribution in [1.82, 2.24) is 24.1 Å². The van der Waals surface area contributed by atoms with Crippen LogP contribution in [0.5, 0.6) is 0 Å². The summed E-state index contributed by atoms with van der Waals surface area (Å²) in [7, 11) is 2.13. The standard InChI is InChI=1S/C25H23N5OS2/c1-28-14-12-19-20(16-28)33-23-21(19)22(31)29(18-10-6-3-7-11-18)24-26-27-25(30(23)24)32-15-13-17-8-4-2-5-9-17/h2-11H,12-16H2,1H3. The van der Waals surface area contributed by atoms with E-state index in [1.54, 1.807) is 27.7 Å². The van der Waals surface area contributed by atoms with Crippen molar-refractivity contribution in [3.05, 3.63) is 87.0 Å². The average Bonchev–Trinajstić information content (AvgIpc) is 3.42. The number of hydrogen-bond donors (Lipinski definition) is 0. The molecule has 2 aromatic carbocycles. The Bertz CT molecular complexity index is 1500. The molecule has 0 N–H and O–H groups in total. The van der Waals surface area contributed by atoms with Crippen molar-refractivity contribution in [2.45, 2.75) is 24.5 Å². The molecular weight excluding hydrogens is 450 g/mol. The van der Waals surface area contributed by atoms with E-state index < -0.39 is 0 Å². The van der Waals surface area contributed by atoms with Gasteiger partial charge in [-0.1, -0.05) is 60.3 Å². The molecule has 0 fully saturated rings. The Morgan fingerprint density at radius 2 is 1.79 bits per heavy atom. The first kappa shape index (κ1) is 20.7. The normalized spacial score (nSPS) is 14.2. The van der Waals surface area contributed by atoms with Crippen molar-refractivity contribution >= 4 is 39.1 Å². The van der Waals surface area contributed by atoms with Crippen LogP contribution in [0.2, 0.25) is 0 Å². The number of thiophene rings is 1. The summed E-state index contributed by atoms with van der Waals surface area (Å²) < 4.78 is 3.82. The van der Waals surface area contributed by atoms with Crippen molar-refractivity contribution in [2.24, 2.45) is 0 Å². The highest BCUT2D eigenvalue weighted by Crippen LogP contribution is 2.35. The first-order valence-electron chi connectivity index (χ1n) is 11.1. The number of likely N-dealkylation sites (N-methyl/N-ethyl adjacent to an activating group) is 1. The Kier molecular flexibility index (Phi) is 5.28. The van der Waals surface area contributed by atoms with Crippen molar-refractivity contribution in [3.8, 4) is 5.69 Å². The monoisotopic (exact) mass is 473 g/mol. The van der Waals surface area contributed by atoms with Gasteiger partial charge < -0.3 is 4.90 Å². The number of fused-ring (bicyclic) bond motifs is 5. The van der Waals surface area contributed by atoms with Gasteiger partial charge in [0.15, 0.2) is 5.16 Å². The van der Waals surface area contributed by atoms with Crippen LogP contribution >= 0.6 is 23.1 Å². The third-order valence-electron chi connectivity index (χ3n) is 6.14. The van der Waals surface area contributed by atoms with E-state index in [4.69, 9.17) is 0 Å². The molecule has 1 aliphatic heterocycles. The molecule has 0 spiro atoms. The highest BCUT2D eigenvalue weighted by Gasteiger charge is 2.26. The van der Waals surface area contributed by atoms with Gasteiger partial charge >= 0.3 is 0 Å². The molecule has 5 aromatic rings. The van der Waals surface area contributed by atoms with Gasteiger partial charge in [-0.2, -0.15) is 0 Å². The summed E-state index contributed by atoms with van der Waals surface area (Å²) in [6, 6.07) is 20.3. The molecule has 0 atom stereocenters. The maximum absolute atomic E-state index is 13.8. The molecule has 0 unspecified atom stereocenters. The fraction of sp³-hybridized carbons (Fsp3) is 0.240. The number of hydrogen-bond acceptors (Lipinski definition) is 6. The molecule has 3 aromatic heterocycles. The van der Waals surface area contributed by atoms with Crippen LogP contribution in [0.4, 0.5) is 0 Å². The molecule has 0 saturated carbocycles. The molecule has 6 nitrogen and oxygen atoms in total. The van der Waals surface area contributed by atoms with E-state index in [-0.39, 0.29) is 5.56 Å². The molecule has 0 aliphatic carbocycles. The maximum Gasteiger partial charge on any atom is 0.268 e. The van der Waals surface area contributed by atoms with Crippen LogP contribution in [0, 0.1) is 0 Å². The van der Waals surface area contributed by atoms with Gasteiger partial charge in [-0.15, -0.1) is 21.5 Å². The number of aromatic nitrogens is 4.